The number of aromatic amines is 1. The van der Waals surface area contributed by atoms with Crippen molar-refractivity contribution >= 4 is 17.6 Å². The second-order valence-electron chi connectivity index (χ2n) is 6.86. The predicted octanol–water partition coefficient (Wildman–Crippen LogP) is 3.43. The van der Waals surface area contributed by atoms with Crippen LogP contribution in [-0.4, -0.2) is 46.4 Å². The van der Waals surface area contributed by atoms with E-state index in [1.54, 1.807) is 11.8 Å². The molecule has 0 bridgehead atoms. The quantitative estimate of drug-likeness (QED) is 0.482. The second kappa shape index (κ2) is 8.24. The summed E-state index contributed by atoms with van der Waals surface area (Å²) in [7, 11) is 0. The lowest BCUT2D eigenvalue weighted by molar-refractivity contribution is -0.384. The van der Waals surface area contributed by atoms with Crippen LogP contribution in [0.2, 0.25) is 0 Å². The fourth-order valence-electron chi connectivity index (χ4n) is 3.67. The molecule has 8 heteroatoms. The summed E-state index contributed by atoms with van der Waals surface area (Å²) in [5.41, 5.74) is 2.55. The van der Waals surface area contributed by atoms with Crippen LogP contribution >= 0.6 is 0 Å². The maximum Gasteiger partial charge on any atom is 0.340 e. The van der Waals surface area contributed by atoms with E-state index < -0.39 is 4.92 Å². The van der Waals surface area contributed by atoms with E-state index in [-0.39, 0.29) is 23.5 Å². The van der Waals surface area contributed by atoms with Gasteiger partial charge in [-0.15, -0.1) is 0 Å². The van der Waals surface area contributed by atoms with E-state index in [0.29, 0.717) is 30.8 Å². The summed E-state index contributed by atoms with van der Waals surface area (Å²) in [5, 5.41) is 10.8. The van der Waals surface area contributed by atoms with E-state index in [9.17, 15) is 19.7 Å². The van der Waals surface area contributed by atoms with Gasteiger partial charge in [-0.25, -0.2) is 4.79 Å². The Balaban J connectivity index is 1.78. The van der Waals surface area contributed by atoms with Crippen molar-refractivity contribution in [1.82, 2.24) is 9.88 Å². The third-order valence-corrected chi connectivity index (χ3v) is 5.06. The first-order chi connectivity index (χ1) is 13.4. The Hall–Kier alpha value is -3.16. The molecule has 1 amide bonds. The number of nitro benzene ring substituents is 1. The first-order valence-electron chi connectivity index (χ1n) is 9.31. The van der Waals surface area contributed by atoms with Crippen LogP contribution in [0, 0.1) is 17.0 Å². The normalized spacial score (nSPS) is 16.6. The number of carbonyl (C=O) groups is 2. The van der Waals surface area contributed by atoms with Crippen molar-refractivity contribution in [1.29, 1.82) is 0 Å². The number of aryl methyl sites for hydroxylation is 1. The van der Waals surface area contributed by atoms with Crippen LogP contribution in [0.3, 0.4) is 0 Å². The van der Waals surface area contributed by atoms with Crippen molar-refractivity contribution in [2.75, 3.05) is 19.7 Å². The number of ether oxygens (including phenoxy) is 1. The number of H-pyrrole nitrogens is 1. The summed E-state index contributed by atoms with van der Waals surface area (Å²) in [4.78, 5) is 40.3. The van der Waals surface area contributed by atoms with E-state index in [1.165, 1.54) is 24.3 Å². The first kappa shape index (κ1) is 19.6. The maximum atomic E-state index is 12.8. The zero-order valence-corrected chi connectivity index (χ0v) is 15.9. The molecule has 1 saturated heterocycles. The Labute approximate surface area is 162 Å². The maximum absolute atomic E-state index is 12.8. The lowest BCUT2D eigenvalue weighted by atomic mass is 9.89. The fourth-order valence-corrected chi connectivity index (χ4v) is 3.67. The minimum atomic E-state index is -0.490. The van der Waals surface area contributed by atoms with Gasteiger partial charge in [-0.05, 0) is 44.4 Å². The van der Waals surface area contributed by atoms with Gasteiger partial charge in [0.25, 0.3) is 11.6 Å². The monoisotopic (exact) mass is 385 g/mol. The number of likely N-dealkylation sites (tertiary alicyclic amines) is 1. The number of nitrogens with zero attached hydrogens (tertiary/aromatic N) is 2. The van der Waals surface area contributed by atoms with Crippen LogP contribution in [0.1, 0.15) is 57.7 Å². The molecule has 3 rings (SSSR count). The minimum absolute atomic E-state index is 0.0279. The van der Waals surface area contributed by atoms with Gasteiger partial charge in [0, 0.05) is 48.6 Å². The molecule has 1 fully saturated rings. The minimum Gasteiger partial charge on any atom is -0.462 e. The Bertz CT molecular complexity index is 888. The van der Waals surface area contributed by atoms with E-state index in [0.717, 1.165) is 24.1 Å². The topological polar surface area (TPSA) is 106 Å². The predicted molar refractivity (Wildman–Crippen MR) is 102 cm³/mol. The number of aromatic nitrogens is 1. The molecule has 2 heterocycles. The first-order valence-corrected chi connectivity index (χ1v) is 9.31. The van der Waals surface area contributed by atoms with Crippen LogP contribution in [0.4, 0.5) is 5.69 Å². The van der Waals surface area contributed by atoms with Crippen LogP contribution in [-0.2, 0) is 4.74 Å². The lowest BCUT2D eigenvalue weighted by Gasteiger charge is -2.33. The molecule has 1 aliphatic rings. The molecule has 0 spiro atoms. The van der Waals surface area contributed by atoms with E-state index in [2.05, 4.69) is 4.98 Å². The average Bonchev–Trinajstić information content (AvgIpc) is 3.09. The van der Waals surface area contributed by atoms with Crippen molar-refractivity contribution in [2.24, 2.45) is 0 Å². The van der Waals surface area contributed by atoms with Crippen molar-refractivity contribution in [3.8, 4) is 0 Å². The van der Waals surface area contributed by atoms with Crippen molar-refractivity contribution in [3.05, 3.63) is 63.0 Å². The molecule has 8 nitrogen and oxygen atoms in total. The van der Waals surface area contributed by atoms with E-state index >= 15 is 0 Å². The SMILES string of the molecule is CCOC(=O)c1c(C2CCCN(C(=O)c3ccc([N+](=O)[O-])cc3)C2)c[nH]c1C. The molecule has 1 N–H and O–H groups in total. The van der Waals surface area contributed by atoms with Gasteiger partial charge in [-0.3, -0.25) is 14.9 Å². The summed E-state index contributed by atoms with van der Waals surface area (Å²) >= 11 is 0. The highest BCUT2D eigenvalue weighted by molar-refractivity contribution is 5.95. The summed E-state index contributed by atoms with van der Waals surface area (Å²) in [5.74, 6) is -0.486. The number of nitrogens with one attached hydrogen (secondary N) is 1. The zero-order chi connectivity index (χ0) is 20.3. The number of nitro groups is 1. The van der Waals surface area contributed by atoms with Crippen molar-refractivity contribution in [2.45, 2.75) is 32.6 Å². The number of carbonyl (C=O) groups excluding carboxylic acids is 2. The number of rotatable bonds is 5. The number of esters is 1. The number of non-ortho nitro benzene ring substituents is 1. The molecule has 1 atom stereocenters. The van der Waals surface area contributed by atoms with Gasteiger partial charge in [0.1, 0.15) is 0 Å². The Morgan fingerprint density at radius 2 is 2.04 bits per heavy atom. The number of benzene rings is 1. The smallest absolute Gasteiger partial charge is 0.340 e. The average molecular weight is 385 g/mol. The fraction of sp³-hybridized carbons (Fsp3) is 0.400. The van der Waals surface area contributed by atoms with Gasteiger partial charge < -0.3 is 14.6 Å². The Morgan fingerprint density at radius 3 is 2.68 bits per heavy atom. The summed E-state index contributed by atoms with van der Waals surface area (Å²) in [6.07, 6.45) is 3.51. The summed E-state index contributed by atoms with van der Waals surface area (Å²) in [6.45, 7) is 5.01. The van der Waals surface area contributed by atoms with E-state index in [4.69, 9.17) is 4.74 Å². The van der Waals surface area contributed by atoms with Crippen LogP contribution < -0.4 is 0 Å². The molecule has 0 aliphatic carbocycles. The molecular weight excluding hydrogens is 362 g/mol. The highest BCUT2D eigenvalue weighted by Crippen LogP contribution is 2.32. The van der Waals surface area contributed by atoms with Crippen LogP contribution in [0.5, 0.6) is 0 Å². The third-order valence-electron chi connectivity index (χ3n) is 5.06. The van der Waals surface area contributed by atoms with Gasteiger partial charge >= 0.3 is 5.97 Å². The van der Waals surface area contributed by atoms with Crippen LogP contribution in [0.25, 0.3) is 0 Å². The summed E-state index contributed by atoms with van der Waals surface area (Å²) < 4.78 is 5.18. The molecular formula is C20H23N3O5. The number of amides is 1. The van der Waals surface area contributed by atoms with Gasteiger partial charge in [0.15, 0.2) is 0 Å². The number of piperidine rings is 1. The Kier molecular flexibility index (Phi) is 5.77. The van der Waals surface area contributed by atoms with Gasteiger partial charge in [-0.2, -0.15) is 0 Å². The second-order valence-corrected chi connectivity index (χ2v) is 6.86. The van der Waals surface area contributed by atoms with E-state index in [1.807, 2.05) is 13.1 Å². The highest BCUT2D eigenvalue weighted by atomic mass is 16.6. The largest absolute Gasteiger partial charge is 0.462 e. The molecule has 1 aromatic carbocycles. The highest BCUT2D eigenvalue weighted by Gasteiger charge is 2.30. The Morgan fingerprint density at radius 1 is 1.32 bits per heavy atom. The molecule has 0 saturated carbocycles. The third kappa shape index (κ3) is 3.90. The van der Waals surface area contributed by atoms with Crippen molar-refractivity contribution < 1.29 is 19.2 Å². The molecule has 28 heavy (non-hydrogen) atoms. The molecule has 2 aromatic rings. The zero-order valence-electron chi connectivity index (χ0n) is 15.9. The molecule has 0 radical (unpaired) electrons. The number of hydrogen-bond acceptors (Lipinski definition) is 5. The van der Waals surface area contributed by atoms with Gasteiger partial charge in [0.05, 0.1) is 17.1 Å². The standard InChI is InChI=1S/C20H23N3O5/c1-3-28-20(25)18-13(2)21-11-17(18)15-5-4-10-22(12-15)19(24)14-6-8-16(9-7-14)23(26)27/h6-9,11,15,21H,3-5,10,12H2,1-2H3. The molecule has 148 valence electrons. The molecule has 1 aliphatic heterocycles. The molecule has 1 unspecified atom stereocenters. The van der Waals surface area contributed by atoms with Crippen LogP contribution in [0.15, 0.2) is 30.5 Å². The molecule has 1 aromatic heterocycles. The number of hydrogen-bond donors (Lipinski definition) is 1. The van der Waals surface area contributed by atoms with Crippen molar-refractivity contribution in [3.63, 3.8) is 0 Å². The summed E-state index contributed by atoms with van der Waals surface area (Å²) in [6, 6.07) is 5.63. The van der Waals surface area contributed by atoms with Gasteiger partial charge in [-0.1, -0.05) is 0 Å². The van der Waals surface area contributed by atoms with Gasteiger partial charge in [0.2, 0.25) is 0 Å². The lowest BCUT2D eigenvalue weighted by Crippen LogP contribution is -2.39.